The second-order valence-corrected chi connectivity index (χ2v) is 7.29. The number of anilines is 1. The number of hydrogen-bond donors (Lipinski definition) is 1. The number of amides is 2. The normalized spacial score (nSPS) is 13.4. The highest BCUT2D eigenvalue weighted by Gasteiger charge is 2.22. The molecule has 0 aromatic heterocycles. The number of hydrogen-bond acceptors (Lipinski definition) is 4. The molecule has 1 N–H and O–H groups in total. The molecule has 1 fully saturated rings. The van der Waals surface area contributed by atoms with Crippen LogP contribution in [0.4, 0.5) is 5.69 Å². The molecule has 1 aliphatic rings. The molecule has 3 rings (SSSR count). The highest BCUT2D eigenvalue weighted by Crippen LogP contribution is 2.19. The van der Waals surface area contributed by atoms with Crippen LogP contribution < -0.4 is 14.8 Å². The Hall–Kier alpha value is -3.02. The zero-order valence-corrected chi connectivity index (χ0v) is 17.1. The van der Waals surface area contributed by atoms with Gasteiger partial charge >= 0.3 is 0 Å². The third kappa shape index (κ3) is 6.24. The lowest BCUT2D eigenvalue weighted by Crippen LogP contribution is -2.33. The van der Waals surface area contributed by atoms with Crippen molar-refractivity contribution in [2.45, 2.75) is 33.1 Å². The van der Waals surface area contributed by atoms with Crippen molar-refractivity contribution < 1.29 is 19.1 Å². The molecule has 154 valence electrons. The number of rotatable bonds is 9. The molecule has 29 heavy (non-hydrogen) atoms. The predicted octanol–water partition coefficient (Wildman–Crippen LogP) is 3.71. The maximum absolute atomic E-state index is 12.1. The Bertz CT molecular complexity index is 866. The van der Waals surface area contributed by atoms with Crippen LogP contribution in [0.2, 0.25) is 0 Å². The largest absolute Gasteiger partial charge is 0.493 e. The molecule has 6 nitrogen and oxygen atoms in total. The van der Waals surface area contributed by atoms with Crippen LogP contribution >= 0.6 is 0 Å². The molecular weight excluding hydrogens is 368 g/mol. The van der Waals surface area contributed by atoms with E-state index in [9.17, 15) is 9.59 Å². The van der Waals surface area contributed by atoms with E-state index in [1.807, 2.05) is 24.3 Å². The van der Waals surface area contributed by atoms with Crippen LogP contribution in [0.5, 0.6) is 11.5 Å². The van der Waals surface area contributed by atoms with Crippen LogP contribution in [0.3, 0.4) is 0 Å². The Morgan fingerprint density at radius 3 is 2.48 bits per heavy atom. The molecule has 1 saturated heterocycles. The number of aryl methyl sites for hydroxylation is 2. The predicted molar refractivity (Wildman–Crippen MR) is 112 cm³/mol. The van der Waals surface area contributed by atoms with Gasteiger partial charge in [0.15, 0.2) is 0 Å². The number of nitrogens with one attached hydrogen (secondary N) is 1. The average Bonchev–Trinajstić information content (AvgIpc) is 3.09. The number of ether oxygens (including phenoxy) is 2. The molecule has 1 aliphatic heterocycles. The van der Waals surface area contributed by atoms with Gasteiger partial charge in [-0.05, 0) is 55.7 Å². The van der Waals surface area contributed by atoms with Crippen LogP contribution in [0.1, 0.15) is 30.4 Å². The SMILES string of the molecule is Cc1ccc(OCCCOc2cccc(NC(=O)CN3CCCC3=O)c2)cc1C. The summed E-state index contributed by atoms with van der Waals surface area (Å²) in [5, 5.41) is 2.83. The summed E-state index contributed by atoms with van der Waals surface area (Å²) in [7, 11) is 0. The van der Waals surface area contributed by atoms with E-state index in [0.29, 0.717) is 37.6 Å². The molecule has 0 saturated carbocycles. The zero-order valence-electron chi connectivity index (χ0n) is 17.1. The molecule has 0 radical (unpaired) electrons. The summed E-state index contributed by atoms with van der Waals surface area (Å²) in [6.45, 7) is 5.99. The molecule has 6 heteroatoms. The van der Waals surface area contributed by atoms with Crippen molar-refractivity contribution >= 4 is 17.5 Å². The van der Waals surface area contributed by atoms with E-state index in [1.54, 1.807) is 17.0 Å². The molecule has 1 heterocycles. The fourth-order valence-electron chi connectivity index (χ4n) is 3.15. The minimum atomic E-state index is -0.195. The molecule has 0 unspecified atom stereocenters. The average molecular weight is 396 g/mol. The van der Waals surface area contributed by atoms with Gasteiger partial charge in [-0.15, -0.1) is 0 Å². The Kier molecular flexibility index (Phi) is 7.11. The number of carbonyl (C=O) groups excluding carboxylic acids is 2. The summed E-state index contributed by atoms with van der Waals surface area (Å²) in [5.74, 6) is 1.40. The molecule has 0 aliphatic carbocycles. The van der Waals surface area contributed by atoms with Gasteiger partial charge in [-0.1, -0.05) is 12.1 Å². The van der Waals surface area contributed by atoms with Crippen LogP contribution in [0, 0.1) is 13.8 Å². The maximum atomic E-state index is 12.1. The smallest absolute Gasteiger partial charge is 0.243 e. The number of carbonyl (C=O) groups is 2. The van der Waals surface area contributed by atoms with Crippen LogP contribution in [-0.4, -0.2) is 43.0 Å². The lowest BCUT2D eigenvalue weighted by atomic mass is 10.1. The van der Waals surface area contributed by atoms with E-state index < -0.39 is 0 Å². The summed E-state index contributed by atoms with van der Waals surface area (Å²) in [4.78, 5) is 25.4. The third-order valence-corrected chi connectivity index (χ3v) is 4.93. The molecule has 0 atom stereocenters. The van der Waals surface area contributed by atoms with Gasteiger partial charge in [0.05, 0.1) is 19.8 Å². The third-order valence-electron chi connectivity index (χ3n) is 4.93. The fourth-order valence-corrected chi connectivity index (χ4v) is 3.15. The minimum Gasteiger partial charge on any atom is -0.493 e. The second-order valence-electron chi connectivity index (χ2n) is 7.29. The van der Waals surface area contributed by atoms with Gasteiger partial charge in [0.1, 0.15) is 11.5 Å². The monoisotopic (exact) mass is 396 g/mol. The standard InChI is InChI=1S/C23H28N2O4/c1-17-9-10-21(14-18(17)2)29-13-5-12-28-20-7-3-6-19(15-20)24-22(26)16-25-11-4-8-23(25)27/h3,6-7,9-10,14-15H,4-5,8,11-13,16H2,1-2H3,(H,24,26). The van der Waals surface area contributed by atoms with Crippen molar-refractivity contribution in [1.82, 2.24) is 4.90 Å². The molecule has 0 spiro atoms. The van der Waals surface area contributed by atoms with E-state index in [-0.39, 0.29) is 18.4 Å². The van der Waals surface area contributed by atoms with Crippen LogP contribution in [-0.2, 0) is 9.59 Å². The van der Waals surface area contributed by atoms with Crippen molar-refractivity contribution in [1.29, 1.82) is 0 Å². The number of nitrogens with zero attached hydrogens (tertiary/aromatic N) is 1. The molecular formula is C23H28N2O4. The van der Waals surface area contributed by atoms with E-state index >= 15 is 0 Å². The molecule has 2 amide bonds. The molecule has 0 bridgehead atoms. The van der Waals surface area contributed by atoms with Crippen molar-refractivity contribution in [3.8, 4) is 11.5 Å². The molecule has 2 aromatic rings. The van der Waals surface area contributed by atoms with E-state index in [2.05, 4.69) is 25.2 Å². The summed E-state index contributed by atoms with van der Waals surface area (Å²) in [6, 6.07) is 13.3. The second kappa shape index (κ2) is 9.96. The summed E-state index contributed by atoms with van der Waals surface area (Å²) in [5.41, 5.74) is 3.12. The minimum absolute atomic E-state index is 0.0419. The van der Waals surface area contributed by atoms with Crippen LogP contribution in [0.15, 0.2) is 42.5 Å². The number of likely N-dealkylation sites (tertiary alicyclic amines) is 1. The van der Waals surface area contributed by atoms with E-state index in [4.69, 9.17) is 9.47 Å². The highest BCUT2D eigenvalue weighted by molar-refractivity contribution is 5.95. The fraction of sp³-hybridized carbons (Fsp3) is 0.391. The Balaban J connectivity index is 1.39. The lowest BCUT2D eigenvalue weighted by molar-refractivity contribution is -0.131. The van der Waals surface area contributed by atoms with Crippen molar-refractivity contribution in [3.63, 3.8) is 0 Å². The van der Waals surface area contributed by atoms with Gasteiger partial charge in [0.2, 0.25) is 11.8 Å². The zero-order chi connectivity index (χ0) is 20.6. The van der Waals surface area contributed by atoms with Crippen molar-refractivity contribution in [3.05, 3.63) is 53.6 Å². The van der Waals surface area contributed by atoms with Gasteiger partial charge in [-0.2, -0.15) is 0 Å². The first-order valence-electron chi connectivity index (χ1n) is 10.0. The quantitative estimate of drug-likeness (QED) is 0.656. The maximum Gasteiger partial charge on any atom is 0.243 e. The molecule has 2 aromatic carbocycles. The summed E-state index contributed by atoms with van der Waals surface area (Å²) < 4.78 is 11.5. The highest BCUT2D eigenvalue weighted by atomic mass is 16.5. The lowest BCUT2D eigenvalue weighted by Gasteiger charge is -2.15. The van der Waals surface area contributed by atoms with E-state index in [1.165, 1.54) is 11.1 Å². The Morgan fingerprint density at radius 1 is 1.03 bits per heavy atom. The Morgan fingerprint density at radius 2 is 1.79 bits per heavy atom. The van der Waals surface area contributed by atoms with Crippen molar-refractivity contribution in [2.75, 3.05) is 31.6 Å². The summed E-state index contributed by atoms with van der Waals surface area (Å²) >= 11 is 0. The van der Waals surface area contributed by atoms with Gasteiger partial charge in [0.25, 0.3) is 0 Å². The summed E-state index contributed by atoms with van der Waals surface area (Å²) in [6.07, 6.45) is 2.10. The van der Waals surface area contributed by atoms with Gasteiger partial charge < -0.3 is 19.7 Å². The number of benzene rings is 2. The first kappa shape index (κ1) is 20.7. The van der Waals surface area contributed by atoms with E-state index in [0.717, 1.165) is 18.6 Å². The van der Waals surface area contributed by atoms with Crippen LogP contribution in [0.25, 0.3) is 0 Å². The van der Waals surface area contributed by atoms with Gasteiger partial charge in [0, 0.05) is 31.1 Å². The van der Waals surface area contributed by atoms with Crippen molar-refractivity contribution in [2.24, 2.45) is 0 Å². The first-order valence-corrected chi connectivity index (χ1v) is 10.0. The van der Waals surface area contributed by atoms with Gasteiger partial charge in [-0.25, -0.2) is 0 Å². The Labute approximate surface area is 171 Å². The topological polar surface area (TPSA) is 67.9 Å². The first-order chi connectivity index (χ1) is 14.0. The van der Waals surface area contributed by atoms with Gasteiger partial charge in [-0.3, -0.25) is 9.59 Å².